The van der Waals surface area contributed by atoms with E-state index < -0.39 is 0 Å². The molecule has 0 N–H and O–H groups in total. The van der Waals surface area contributed by atoms with Crippen molar-refractivity contribution in [2.24, 2.45) is 0 Å². The average molecular weight is 217 g/mol. The normalized spacial score (nSPS) is 11.9. The molecule has 0 amide bonds. The third kappa shape index (κ3) is 1.17. The molecular formula is C13H9ClO. The third-order valence-electron chi connectivity index (χ3n) is 2.73. The minimum atomic E-state index is 0.757. The van der Waals surface area contributed by atoms with Gasteiger partial charge >= 0.3 is 0 Å². The van der Waals surface area contributed by atoms with Crippen LogP contribution < -0.4 is 4.74 Å². The number of fused-ring (bicyclic) bond motifs is 2. The molecule has 0 saturated carbocycles. The molecule has 2 aliphatic heterocycles. The maximum Gasteiger partial charge on any atom is 0.153 e. The van der Waals surface area contributed by atoms with Gasteiger partial charge in [-0.3, -0.25) is 0 Å². The van der Waals surface area contributed by atoms with Gasteiger partial charge in [0.1, 0.15) is 5.02 Å². The first-order chi connectivity index (χ1) is 7.27. The molecule has 0 aromatic heterocycles. The highest BCUT2D eigenvalue weighted by Gasteiger charge is 2.25. The Morgan fingerprint density at radius 3 is 2.47 bits per heavy atom. The SMILES string of the molecule is Cc1c(-c2ccccc2)cc2c(Cl)c1O2. The molecule has 0 unspecified atom stereocenters. The predicted octanol–water partition coefficient (Wildman–Crippen LogP) is 4.42. The largest absolute Gasteiger partial charge is 0.454 e. The number of benzene rings is 2. The van der Waals surface area contributed by atoms with E-state index in [-0.39, 0.29) is 0 Å². The minimum Gasteiger partial charge on any atom is -0.454 e. The number of ether oxygens (including phenoxy) is 1. The Balaban J connectivity index is 2.21. The molecule has 2 bridgehead atoms. The molecule has 0 fully saturated rings. The molecule has 0 radical (unpaired) electrons. The Bertz CT molecular complexity index is 532. The van der Waals surface area contributed by atoms with Gasteiger partial charge in [0.05, 0.1) is 0 Å². The molecule has 4 rings (SSSR count). The first-order valence-corrected chi connectivity index (χ1v) is 5.21. The number of hydrogen-bond acceptors (Lipinski definition) is 1. The van der Waals surface area contributed by atoms with Crippen molar-refractivity contribution in [2.75, 3.05) is 0 Å². The van der Waals surface area contributed by atoms with Crippen LogP contribution in [0.2, 0.25) is 5.02 Å². The maximum atomic E-state index is 6.02. The van der Waals surface area contributed by atoms with Gasteiger partial charge < -0.3 is 4.74 Å². The van der Waals surface area contributed by atoms with E-state index in [4.69, 9.17) is 16.3 Å². The summed E-state index contributed by atoms with van der Waals surface area (Å²) in [6.07, 6.45) is 0. The molecule has 74 valence electrons. The molecule has 0 spiro atoms. The minimum absolute atomic E-state index is 0.757. The zero-order chi connectivity index (χ0) is 10.4. The molecule has 1 nitrogen and oxygen atoms in total. The van der Waals surface area contributed by atoms with Crippen LogP contribution in [0.4, 0.5) is 0 Å². The van der Waals surface area contributed by atoms with Gasteiger partial charge in [-0.1, -0.05) is 41.9 Å². The van der Waals surface area contributed by atoms with Crippen molar-refractivity contribution in [3.05, 3.63) is 47.0 Å². The predicted molar refractivity (Wildman–Crippen MR) is 61.7 cm³/mol. The Kier molecular flexibility index (Phi) is 1.77. The fraction of sp³-hybridized carbons (Fsp3) is 0.0769. The lowest BCUT2D eigenvalue weighted by Gasteiger charge is -2.25. The van der Waals surface area contributed by atoms with Crippen LogP contribution in [0.3, 0.4) is 0 Å². The summed E-state index contributed by atoms with van der Waals surface area (Å²) in [7, 11) is 0. The first-order valence-electron chi connectivity index (χ1n) is 4.84. The van der Waals surface area contributed by atoms with E-state index in [0.717, 1.165) is 22.1 Å². The van der Waals surface area contributed by atoms with Crippen molar-refractivity contribution in [3.8, 4) is 22.6 Å². The zero-order valence-electron chi connectivity index (χ0n) is 8.25. The second-order valence-electron chi connectivity index (χ2n) is 3.66. The standard InChI is InChI=1S/C13H9ClO/c1-8-10(9-5-3-2-4-6-9)7-11-12(14)13(8)15-11/h2-7H,1H3. The van der Waals surface area contributed by atoms with Crippen molar-refractivity contribution >= 4 is 11.6 Å². The summed E-state index contributed by atoms with van der Waals surface area (Å²) in [6, 6.07) is 12.3. The molecule has 2 aromatic carbocycles. The summed E-state index contributed by atoms with van der Waals surface area (Å²) in [5.74, 6) is 1.61. The molecule has 2 aromatic rings. The zero-order valence-corrected chi connectivity index (χ0v) is 9.01. The maximum absolute atomic E-state index is 6.02. The highest BCUT2D eigenvalue weighted by atomic mass is 35.5. The van der Waals surface area contributed by atoms with E-state index in [1.54, 1.807) is 0 Å². The molecule has 2 heterocycles. The van der Waals surface area contributed by atoms with Gasteiger partial charge in [0, 0.05) is 5.56 Å². The summed E-state index contributed by atoms with van der Waals surface area (Å²) >= 11 is 6.02. The van der Waals surface area contributed by atoms with E-state index in [1.165, 1.54) is 11.1 Å². The number of halogens is 1. The van der Waals surface area contributed by atoms with Gasteiger partial charge in [-0.2, -0.15) is 0 Å². The lowest BCUT2D eigenvalue weighted by atomic mass is 9.97. The molecule has 15 heavy (non-hydrogen) atoms. The molecular weight excluding hydrogens is 208 g/mol. The summed E-state index contributed by atoms with van der Waals surface area (Å²) in [5, 5.41) is 0.757. The van der Waals surface area contributed by atoms with E-state index in [9.17, 15) is 0 Å². The molecule has 2 aliphatic rings. The van der Waals surface area contributed by atoms with Crippen LogP contribution in [0.15, 0.2) is 36.4 Å². The Hall–Kier alpha value is -1.47. The lowest BCUT2D eigenvalue weighted by Crippen LogP contribution is -2.02. The number of hydrogen-bond donors (Lipinski definition) is 0. The van der Waals surface area contributed by atoms with Crippen LogP contribution in [0.25, 0.3) is 11.1 Å². The summed E-state index contributed by atoms with van der Waals surface area (Å²) in [4.78, 5) is 0. The topological polar surface area (TPSA) is 9.23 Å². The van der Waals surface area contributed by atoms with Crippen molar-refractivity contribution < 1.29 is 4.74 Å². The number of rotatable bonds is 1. The van der Waals surface area contributed by atoms with Gasteiger partial charge in [0.2, 0.25) is 0 Å². The summed E-state index contributed by atoms with van der Waals surface area (Å²) in [5.41, 5.74) is 3.52. The summed E-state index contributed by atoms with van der Waals surface area (Å²) < 4.78 is 5.40. The van der Waals surface area contributed by atoms with Gasteiger partial charge in [-0.15, -0.1) is 0 Å². The fourth-order valence-corrected chi connectivity index (χ4v) is 2.15. The fourth-order valence-electron chi connectivity index (χ4n) is 1.88. The van der Waals surface area contributed by atoms with Crippen molar-refractivity contribution in [1.82, 2.24) is 0 Å². The van der Waals surface area contributed by atoms with Crippen LogP contribution in [0, 0.1) is 6.92 Å². The van der Waals surface area contributed by atoms with Crippen LogP contribution in [0.5, 0.6) is 11.5 Å². The van der Waals surface area contributed by atoms with Crippen LogP contribution in [-0.2, 0) is 0 Å². The highest BCUT2D eigenvalue weighted by molar-refractivity contribution is 6.35. The average Bonchev–Trinajstić information content (AvgIpc) is 2.29. The van der Waals surface area contributed by atoms with Crippen molar-refractivity contribution in [3.63, 3.8) is 0 Å². The Labute approximate surface area is 93.3 Å². The van der Waals surface area contributed by atoms with Crippen LogP contribution in [-0.4, -0.2) is 0 Å². The van der Waals surface area contributed by atoms with Crippen LogP contribution in [0.1, 0.15) is 5.56 Å². The van der Waals surface area contributed by atoms with Gasteiger partial charge in [-0.05, 0) is 24.1 Å². The van der Waals surface area contributed by atoms with Gasteiger partial charge in [0.15, 0.2) is 11.5 Å². The molecule has 2 heteroatoms. The Morgan fingerprint density at radius 1 is 1.13 bits per heavy atom. The monoisotopic (exact) mass is 216 g/mol. The van der Waals surface area contributed by atoms with Gasteiger partial charge in [-0.25, -0.2) is 0 Å². The van der Waals surface area contributed by atoms with E-state index in [0.29, 0.717) is 0 Å². The summed E-state index contributed by atoms with van der Waals surface area (Å²) in [6.45, 7) is 2.03. The molecule has 0 aliphatic carbocycles. The second kappa shape index (κ2) is 3.01. The molecule has 0 atom stereocenters. The highest BCUT2D eigenvalue weighted by Crippen LogP contribution is 2.52. The second-order valence-corrected chi connectivity index (χ2v) is 4.04. The van der Waals surface area contributed by atoms with Crippen molar-refractivity contribution in [1.29, 1.82) is 0 Å². The third-order valence-corrected chi connectivity index (χ3v) is 3.09. The van der Waals surface area contributed by atoms with E-state index >= 15 is 0 Å². The lowest BCUT2D eigenvalue weighted by molar-refractivity contribution is 0.436. The Morgan fingerprint density at radius 2 is 1.87 bits per heavy atom. The first kappa shape index (κ1) is 8.81. The van der Waals surface area contributed by atoms with E-state index in [2.05, 4.69) is 12.1 Å². The quantitative estimate of drug-likeness (QED) is 0.585. The van der Waals surface area contributed by atoms with Crippen molar-refractivity contribution in [2.45, 2.75) is 6.92 Å². The van der Waals surface area contributed by atoms with Crippen LogP contribution >= 0.6 is 11.6 Å². The van der Waals surface area contributed by atoms with E-state index in [1.807, 2.05) is 31.2 Å². The smallest absolute Gasteiger partial charge is 0.153 e. The van der Waals surface area contributed by atoms with Gasteiger partial charge in [0.25, 0.3) is 0 Å². The molecule has 0 saturated heterocycles.